The average molecular weight is 260 g/mol. The number of Topliss-reactive ketones (excluding diaryl/α,β-unsaturated/α-hetero) is 1. The van der Waals surface area contributed by atoms with Crippen LogP contribution in [0.2, 0.25) is 0 Å². The van der Waals surface area contributed by atoms with Crippen molar-refractivity contribution in [1.82, 2.24) is 0 Å². The molecule has 0 radical (unpaired) electrons. The third kappa shape index (κ3) is 4.49. The second-order valence-corrected chi connectivity index (χ2v) is 3.80. The number of benzene rings is 1. The SMILES string of the molecule is CCOCCCC(=O)c1cccc(C(F)(F)F)c1. The maximum absolute atomic E-state index is 12.5. The molecule has 1 aromatic carbocycles. The summed E-state index contributed by atoms with van der Waals surface area (Å²) >= 11 is 0. The molecule has 1 rings (SSSR count). The lowest BCUT2D eigenvalue weighted by Crippen LogP contribution is -2.08. The fraction of sp³-hybridized carbons (Fsp3) is 0.462. The number of rotatable bonds is 6. The van der Waals surface area contributed by atoms with Crippen LogP contribution in [0.3, 0.4) is 0 Å². The Kier molecular flexibility index (Phi) is 5.34. The summed E-state index contributed by atoms with van der Waals surface area (Å²) in [5.41, 5.74) is -0.695. The maximum atomic E-state index is 12.5. The molecule has 0 amide bonds. The van der Waals surface area contributed by atoms with Gasteiger partial charge in [-0.2, -0.15) is 13.2 Å². The number of hydrogen-bond donors (Lipinski definition) is 0. The van der Waals surface area contributed by atoms with Gasteiger partial charge in [-0.3, -0.25) is 4.79 Å². The van der Waals surface area contributed by atoms with Crippen LogP contribution in [0, 0.1) is 0 Å². The Morgan fingerprint density at radius 3 is 2.67 bits per heavy atom. The topological polar surface area (TPSA) is 26.3 Å². The molecule has 0 saturated carbocycles. The van der Waals surface area contributed by atoms with Crippen LogP contribution in [0.15, 0.2) is 24.3 Å². The number of ketones is 1. The normalized spacial score (nSPS) is 11.6. The van der Waals surface area contributed by atoms with Crippen molar-refractivity contribution in [2.24, 2.45) is 0 Å². The number of alkyl halides is 3. The molecule has 0 bridgehead atoms. The molecule has 0 heterocycles. The third-order valence-electron chi connectivity index (χ3n) is 2.41. The summed E-state index contributed by atoms with van der Waals surface area (Å²) in [5, 5.41) is 0. The molecule has 0 aromatic heterocycles. The van der Waals surface area contributed by atoms with E-state index in [2.05, 4.69) is 0 Å². The Morgan fingerprint density at radius 2 is 2.06 bits per heavy atom. The molecule has 1 aromatic rings. The van der Waals surface area contributed by atoms with Crippen LogP contribution in [0.4, 0.5) is 13.2 Å². The minimum Gasteiger partial charge on any atom is -0.382 e. The number of hydrogen-bond acceptors (Lipinski definition) is 2. The van der Waals surface area contributed by atoms with Crippen LogP contribution in [0.1, 0.15) is 35.7 Å². The van der Waals surface area contributed by atoms with E-state index in [-0.39, 0.29) is 17.8 Å². The zero-order chi connectivity index (χ0) is 13.6. The molecule has 0 aliphatic carbocycles. The predicted molar refractivity (Wildman–Crippen MR) is 61.5 cm³/mol. The van der Waals surface area contributed by atoms with Gasteiger partial charge in [0.1, 0.15) is 0 Å². The molecular weight excluding hydrogens is 245 g/mol. The van der Waals surface area contributed by atoms with E-state index in [9.17, 15) is 18.0 Å². The summed E-state index contributed by atoms with van der Waals surface area (Å²) in [6.07, 6.45) is -3.70. The van der Waals surface area contributed by atoms with Crippen LogP contribution >= 0.6 is 0 Å². The lowest BCUT2D eigenvalue weighted by molar-refractivity contribution is -0.137. The standard InChI is InChI=1S/C13H15F3O2/c1-2-18-8-4-7-12(17)10-5-3-6-11(9-10)13(14,15)16/h3,5-6,9H,2,4,7-8H2,1H3. The largest absolute Gasteiger partial charge is 0.416 e. The number of ether oxygens (including phenoxy) is 1. The van der Waals surface area contributed by atoms with Gasteiger partial charge in [0.05, 0.1) is 5.56 Å². The highest BCUT2D eigenvalue weighted by Gasteiger charge is 2.30. The van der Waals surface area contributed by atoms with Gasteiger partial charge < -0.3 is 4.74 Å². The molecule has 0 unspecified atom stereocenters. The lowest BCUT2D eigenvalue weighted by atomic mass is 10.0. The van der Waals surface area contributed by atoms with Crippen LogP contribution in [0.25, 0.3) is 0 Å². The van der Waals surface area contributed by atoms with Gasteiger partial charge in [-0.15, -0.1) is 0 Å². The van der Waals surface area contributed by atoms with Gasteiger partial charge in [-0.1, -0.05) is 12.1 Å². The van der Waals surface area contributed by atoms with Gasteiger partial charge in [0.2, 0.25) is 0 Å². The first-order valence-corrected chi connectivity index (χ1v) is 5.73. The highest BCUT2D eigenvalue weighted by atomic mass is 19.4. The highest BCUT2D eigenvalue weighted by molar-refractivity contribution is 5.96. The molecule has 18 heavy (non-hydrogen) atoms. The van der Waals surface area contributed by atoms with Gasteiger partial charge >= 0.3 is 6.18 Å². The Hall–Kier alpha value is -1.36. The molecule has 0 fully saturated rings. The molecule has 0 spiro atoms. The second-order valence-electron chi connectivity index (χ2n) is 3.80. The van der Waals surface area contributed by atoms with E-state index in [1.54, 1.807) is 0 Å². The molecule has 0 saturated heterocycles. The smallest absolute Gasteiger partial charge is 0.382 e. The van der Waals surface area contributed by atoms with Gasteiger partial charge in [-0.25, -0.2) is 0 Å². The van der Waals surface area contributed by atoms with E-state index in [0.29, 0.717) is 19.6 Å². The highest BCUT2D eigenvalue weighted by Crippen LogP contribution is 2.29. The minimum absolute atomic E-state index is 0.0984. The Balaban J connectivity index is 2.63. The fourth-order valence-corrected chi connectivity index (χ4v) is 1.49. The van der Waals surface area contributed by atoms with Gasteiger partial charge in [0, 0.05) is 25.2 Å². The van der Waals surface area contributed by atoms with Crippen molar-refractivity contribution in [3.05, 3.63) is 35.4 Å². The number of carbonyl (C=O) groups excluding carboxylic acids is 1. The van der Waals surface area contributed by atoms with Crippen molar-refractivity contribution < 1.29 is 22.7 Å². The molecule has 100 valence electrons. The number of carbonyl (C=O) groups is 1. The second kappa shape index (κ2) is 6.54. The average Bonchev–Trinajstić information content (AvgIpc) is 2.33. The first-order chi connectivity index (χ1) is 8.45. The molecule has 0 N–H and O–H groups in total. The van der Waals surface area contributed by atoms with Crippen LogP contribution < -0.4 is 0 Å². The predicted octanol–water partition coefficient (Wildman–Crippen LogP) is 3.70. The van der Waals surface area contributed by atoms with Crippen molar-refractivity contribution in [3.63, 3.8) is 0 Å². The van der Waals surface area contributed by atoms with Crippen LogP contribution in [-0.2, 0) is 10.9 Å². The molecular formula is C13H15F3O2. The molecule has 0 aliphatic rings. The Labute approximate surface area is 104 Å². The summed E-state index contributed by atoms with van der Waals surface area (Å²) in [7, 11) is 0. The molecule has 0 aliphatic heterocycles. The van der Waals surface area contributed by atoms with Crippen molar-refractivity contribution in [1.29, 1.82) is 0 Å². The zero-order valence-electron chi connectivity index (χ0n) is 10.1. The zero-order valence-corrected chi connectivity index (χ0v) is 10.1. The Bertz CT molecular complexity index is 399. The first kappa shape index (κ1) is 14.7. The Morgan fingerprint density at radius 1 is 1.33 bits per heavy atom. The van der Waals surface area contributed by atoms with E-state index in [1.165, 1.54) is 12.1 Å². The van der Waals surface area contributed by atoms with E-state index in [4.69, 9.17) is 4.74 Å². The quantitative estimate of drug-likeness (QED) is 0.575. The van der Waals surface area contributed by atoms with E-state index in [0.717, 1.165) is 12.1 Å². The van der Waals surface area contributed by atoms with Crippen molar-refractivity contribution in [2.45, 2.75) is 25.9 Å². The first-order valence-electron chi connectivity index (χ1n) is 5.73. The van der Waals surface area contributed by atoms with E-state index >= 15 is 0 Å². The molecule has 2 nitrogen and oxygen atoms in total. The van der Waals surface area contributed by atoms with Crippen molar-refractivity contribution in [2.75, 3.05) is 13.2 Å². The summed E-state index contributed by atoms with van der Waals surface area (Å²) < 4.78 is 42.4. The molecule has 5 heteroatoms. The van der Waals surface area contributed by atoms with Crippen LogP contribution in [-0.4, -0.2) is 19.0 Å². The monoisotopic (exact) mass is 260 g/mol. The lowest BCUT2D eigenvalue weighted by Gasteiger charge is -2.08. The fourth-order valence-electron chi connectivity index (χ4n) is 1.49. The summed E-state index contributed by atoms with van der Waals surface area (Å²) in [6, 6.07) is 4.50. The summed E-state index contributed by atoms with van der Waals surface area (Å²) in [5.74, 6) is -0.291. The number of halogens is 3. The van der Waals surface area contributed by atoms with Gasteiger partial charge in [-0.05, 0) is 25.5 Å². The third-order valence-corrected chi connectivity index (χ3v) is 2.41. The summed E-state index contributed by atoms with van der Waals surface area (Å²) in [4.78, 5) is 11.7. The van der Waals surface area contributed by atoms with Crippen molar-refractivity contribution in [3.8, 4) is 0 Å². The van der Waals surface area contributed by atoms with Crippen molar-refractivity contribution >= 4 is 5.78 Å². The summed E-state index contributed by atoms with van der Waals surface area (Å²) in [6.45, 7) is 2.85. The van der Waals surface area contributed by atoms with E-state index < -0.39 is 11.7 Å². The van der Waals surface area contributed by atoms with E-state index in [1.807, 2.05) is 6.92 Å². The minimum atomic E-state index is -4.42. The maximum Gasteiger partial charge on any atom is 0.416 e. The van der Waals surface area contributed by atoms with Gasteiger partial charge in [0.15, 0.2) is 5.78 Å². The van der Waals surface area contributed by atoms with Crippen LogP contribution in [0.5, 0.6) is 0 Å². The van der Waals surface area contributed by atoms with Gasteiger partial charge in [0.25, 0.3) is 0 Å². The molecule has 0 atom stereocenters.